The van der Waals surface area contributed by atoms with Gasteiger partial charge in [-0.1, -0.05) is 51.1 Å². The number of aromatic carboxylic acids is 1. The second-order valence-corrected chi connectivity index (χ2v) is 10.6. The van der Waals surface area contributed by atoms with Crippen LogP contribution in [0.1, 0.15) is 47.8 Å². The lowest BCUT2D eigenvalue weighted by molar-refractivity contribution is 0.0696. The van der Waals surface area contributed by atoms with Crippen LogP contribution in [0.3, 0.4) is 0 Å². The van der Waals surface area contributed by atoms with Crippen molar-refractivity contribution in [3.63, 3.8) is 0 Å². The van der Waals surface area contributed by atoms with Gasteiger partial charge in [0.15, 0.2) is 0 Å². The molecule has 3 rings (SSSR count). The van der Waals surface area contributed by atoms with E-state index >= 15 is 0 Å². The first-order valence-electron chi connectivity index (χ1n) is 10.2. The van der Waals surface area contributed by atoms with E-state index in [1.54, 1.807) is 36.5 Å². The Balaban J connectivity index is 2.08. The van der Waals surface area contributed by atoms with E-state index in [9.17, 15) is 23.1 Å². The van der Waals surface area contributed by atoms with Crippen molar-refractivity contribution < 1.29 is 18.3 Å². The topological polar surface area (TPSA) is 116 Å². The fourth-order valence-corrected chi connectivity index (χ4v) is 3.89. The number of anilines is 1. The first-order valence-corrected chi connectivity index (χ1v) is 12.1. The van der Waals surface area contributed by atoms with Crippen LogP contribution in [0.4, 0.5) is 5.69 Å². The fourth-order valence-electron chi connectivity index (χ4n) is 3.34. The molecule has 0 saturated carbocycles. The summed E-state index contributed by atoms with van der Waals surface area (Å²) in [6.07, 6.45) is 6.02. The monoisotopic (exact) mass is 466 g/mol. The summed E-state index contributed by atoms with van der Waals surface area (Å²) in [7, 11) is -3.53. The molecule has 3 N–H and O–H groups in total. The number of H-pyrrole nitrogens is 1. The maximum absolute atomic E-state index is 12.3. The van der Waals surface area contributed by atoms with Crippen LogP contribution in [0, 0.1) is 0 Å². The number of aromatic nitrogens is 1. The van der Waals surface area contributed by atoms with Crippen molar-refractivity contribution in [2.24, 2.45) is 0 Å². The van der Waals surface area contributed by atoms with Gasteiger partial charge in [0.25, 0.3) is 5.56 Å². The molecule has 33 heavy (non-hydrogen) atoms. The smallest absolute Gasteiger partial charge is 0.336 e. The summed E-state index contributed by atoms with van der Waals surface area (Å²) in [4.78, 5) is 26.8. The second-order valence-electron chi connectivity index (χ2n) is 8.82. The predicted octanol–water partition coefficient (Wildman–Crippen LogP) is 4.58. The summed E-state index contributed by atoms with van der Waals surface area (Å²) in [5.74, 6) is -1.17. The van der Waals surface area contributed by atoms with E-state index in [2.05, 4.69) is 30.5 Å². The summed E-state index contributed by atoms with van der Waals surface area (Å²) in [6, 6.07) is 13.7. The van der Waals surface area contributed by atoms with Crippen LogP contribution < -0.4 is 10.3 Å². The molecule has 0 aliphatic rings. The standard InChI is InChI=1S/C25H26N2O5S/c1-25(2,3)19-13-16(12-18(14-19)21-6-5-11-26-23(21)28)7-8-17-9-10-20(27-33(4,31)32)15-22(17)24(29)30/h5-15,27H,1-4H3,(H,26,28)(H,29,30). The third kappa shape index (κ3) is 6.20. The molecule has 1 aromatic heterocycles. The number of sulfonamides is 1. The molecule has 0 bridgehead atoms. The number of carbonyl (C=O) groups is 1. The Morgan fingerprint density at radius 2 is 1.79 bits per heavy atom. The summed E-state index contributed by atoms with van der Waals surface area (Å²) < 4.78 is 25.2. The molecular formula is C25H26N2O5S. The van der Waals surface area contributed by atoms with Crippen molar-refractivity contribution in [1.29, 1.82) is 0 Å². The molecule has 0 fully saturated rings. The Kier molecular flexibility index (Phi) is 6.60. The molecule has 0 unspecified atom stereocenters. The predicted molar refractivity (Wildman–Crippen MR) is 132 cm³/mol. The van der Waals surface area contributed by atoms with Gasteiger partial charge in [-0.05, 0) is 58.0 Å². The van der Waals surface area contributed by atoms with Crippen molar-refractivity contribution in [3.8, 4) is 11.1 Å². The normalized spacial score (nSPS) is 12.1. The summed E-state index contributed by atoms with van der Waals surface area (Å²) in [5.41, 5.74) is 3.31. The lowest BCUT2D eigenvalue weighted by Crippen LogP contribution is -2.13. The zero-order chi connectivity index (χ0) is 24.4. The molecule has 0 radical (unpaired) electrons. The number of rotatable bonds is 6. The van der Waals surface area contributed by atoms with Crippen molar-refractivity contribution in [3.05, 3.63) is 87.3 Å². The number of carboxylic acids is 1. The van der Waals surface area contributed by atoms with Gasteiger partial charge in [-0.3, -0.25) is 9.52 Å². The Morgan fingerprint density at radius 1 is 1.06 bits per heavy atom. The zero-order valence-corrected chi connectivity index (χ0v) is 19.7. The number of hydrogen-bond acceptors (Lipinski definition) is 4. The number of hydrogen-bond donors (Lipinski definition) is 3. The van der Waals surface area contributed by atoms with Gasteiger partial charge in [0.2, 0.25) is 10.0 Å². The van der Waals surface area contributed by atoms with Crippen LogP contribution >= 0.6 is 0 Å². The minimum atomic E-state index is -3.53. The lowest BCUT2D eigenvalue weighted by atomic mass is 9.84. The highest BCUT2D eigenvalue weighted by molar-refractivity contribution is 7.92. The fraction of sp³-hybridized carbons (Fsp3) is 0.200. The largest absolute Gasteiger partial charge is 0.478 e. The third-order valence-electron chi connectivity index (χ3n) is 4.99. The first-order chi connectivity index (χ1) is 15.3. The SMILES string of the molecule is CC(C)(C)c1cc(C=Cc2ccc(NS(C)(=O)=O)cc2C(=O)O)cc(-c2ccc[nH]c2=O)c1. The van der Waals surface area contributed by atoms with E-state index in [4.69, 9.17) is 0 Å². The molecule has 0 spiro atoms. The van der Waals surface area contributed by atoms with Gasteiger partial charge in [0.05, 0.1) is 11.8 Å². The average molecular weight is 467 g/mol. The molecular weight excluding hydrogens is 440 g/mol. The Morgan fingerprint density at radius 3 is 2.39 bits per heavy atom. The highest BCUT2D eigenvalue weighted by Gasteiger charge is 2.17. The molecule has 3 aromatic rings. The van der Waals surface area contributed by atoms with E-state index in [0.717, 1.165) is 22.9 Å². The van der Waals surface area contributed by atoms with Crippen LogP contribution in [-0.4, -0.2) is 30.7 Å². The second kappa shape index (κ2) is 9.07. The van der Waals surface area contributed by atoms with Gasteiger partial charge < -0.3 is 10.1 Å². The molecule has 0 atom stereocenters. The minimum Gasteiger partial charge on any atom is -0.478 e. The summed E-state index contributed by atoms with van der Waals surface area (Å²) in [5, 5.41) is 9.61. The van der Waals surface area contributed by atoms with E-state index in [0.29, 0.717) is 11.1 Å². The van der Waals surface area contributed by atoms with E-state index in [1.807, 2.05) is 18.2 Å². The van der Waals surface area contributed by atoms with Crippen LogP contribution in [0.25, 0.3) is 23.3 Å². The van der Waals surface area contributed by atoms with Crippen LogP contribution in [0.2, 0.25) is 0 Å². The maximum atomic E-state index is 12.3. The maximum Gasteiger partial charge on any atom is 0.336 e. The molecule has 2 aromatic carbocycles. The summed E-state index contributed by atoms with van der Waals surface area (Å²) in [6.45, 7) is 6.22. The van der Waals surface area contributed by atoms with E-state index < -0.39 is 16.0 Å². The molecule has 7 nitrogen and oxygen atoms in total. The Hall–Kier alpha value is -3.65. The highest BCUT2D eigenvalue weighted by atomic mass is 32.2. The van der Waals surface area contributed by atoms with Gasteiger partial charge in [0, 0.05) is 17.4 Å². The van der Waals surface area contributed by atoms with Gasteiger partial charge >= 0.3 is 5.97 Å². The van der Waals surface area contributed by atoms with Gasteiger partial charge in [-0.15, -0.1) is 0 Å². The van der Waals surface area contributed by atoms with Crippen molar-refractivity contribution >= 4 is 33.8 Å². The number of carboxylic acid groups (broad SMARTS) is 1. The third-order valence-corrected chi connectivity index (χ3v) is 5.60. The van der Waals surface area contributed by atoms with Crippen molar-refractivity contribution in [2.45, 2.75) is 26.2 Å². The van der Waals surface area contributed by atoms with Crippen LogP contribution in [0.5, 0.6) is 0 Å². The molecule has 0 aliphatic carbocycles. The van der Waals surface area contributed by atoms with E-state index in [1.165, 1.54) is 12.1 Å². The van der Waals surface area contributed by atoms with Crippen LogP contribution in [0.15, 0.2) is 59.5 Å². The number of pyridine rings is 1. The van der Waals surface area contributed by atoms with Crippen LogP contribution in [-0.2, 0) is 15.4 Å². The molecule has 0 saturated heterocycles. The Labute approximate surface area is 192 Å². The number of nitrogens with one attached hydrogen (secondary N) is 2. The average Bonchev–Trinajstić information content (AvgIpc) is 2.71. The number of aromatic amines is 1. The van der Waals surface area contributed by atoms with Crippen molar-refractivity contribution in [1.82, 2.24) is 4.98 Å². The lowest BCUT2D eigenvalue weighted by Gasteiger charge is -2.21. The highest BCUT2D eigenvalue weighted by Crippen LogP contribution is 2.29. The molecule has 172 valence electrons. The molecule has 0 aliphatic heterocycles. The van der Waals surface area contributed by atoms with E-state index in [-0.39, 0.29) is 22.2 Å². The van der Waals surface area contributed by atoms with Gasteiger partial charge in [-0.2, -0.15) is 0 Å². The van der Waals surface area contributed by atoms with Gasteiger partial charge in [-0.25, -0.2) is 13.2 Å². The number of benzene rings is 2. The zero-order valence-electron chi connectivity index (χ0n) is 18.8. The molecule has 1 heterocycles. The van der Waals surface area contributed by atoms with Crippen molar-refractivity contribution in [2.75, 3.05) is 11.0 Å². The quantitative estimate of drug-likeness (QED) is 0.460. The van der Waals surface area contributed by atoms with Gasteiger partial charge in [0.1, 0.15) is 0 Å². The minimum absolute atomic E-state index is 0.0356. The summed E-state index contributed by atoms with van der Waals surface area (Å²) >= 11 is 0. The Bertz CT molecular complexity index is 1400. The first kappa shape index (κ1) is 24.0. The molecule has 8 heteroatoms. The molecule has 0 amide bonds.